The van der Waals surface area contributed by atoms with Crippen molar-refractivity contribution >= 4 is 46.5 Å². The number of fused-ring (bicyclic) bond motifs is 3. The number of anilines is 2. The zero-order valence-electron chi connectivity index (χ0n) is 12.2. The summed E-state index contributed by atoms with van der Waals surface area (Å²) in [5.74, 6) is -0.239. The van der Waals surface area contributed by atoms with Crippen LogP contribution in [0.1, 0.15) is 18.1 Å². The van der Waals surface area contributed by atoms with Gasteiger partial charge in [0.25, 0.3) is 0 Å². The molecule has 1 aliphatic carbocycles. The molecule has 0 spiro atoms. The summed E-state index contributed by atoms with van der Waals surface area (Å²) in [4.78, 5) is 22.3. The van der Waals surface area contributed by atoms with Gasteiger partial charge in [-0.1, -0.05) is 29.3 Å². The van der Waals surface area contributed by atoms with E-state index in [1.807, 2.05) is 12.1 Å². The van der Waals surface area contributed by atoms with Crippen molar-refractivity contribution in [3.63, 3.8) is 0 Å². The largest absolute Gasteiger partial charge is 0.351 e. The standard InChI is InChI=1S/C16H13Cl2N3O2/c1-7(22)20-15-13(17)6-11-10-3-2-9(21-16(19)23)4-8(10)5-12(11)14(15)18/h2-4,6H,5H2,1H3,(H,20,22)(H3,19,21,23). The van der Waals surface area contributed by atoms with Gasteiger partial charge in [-0.25, -0.2) is 4.79 Å². The Morgan fingerprint density at radius 3 is 2.52 bits per heavy atom. The number of nitrogens with one attached hydrogen (secondary N) is 2. The second-order valence-corrected chi connectivity index (χ2v) is 6.08. The third kappa shape index (κ3) is 2.85. The van der Waals surface area contributed by atoms with Crippen LogP contribution in [-0.2, 0) is 11.2 Å². The number of hydrogen-bond donors (Lipinski definition) is 3. The molecule has 0 saturated heterocycles. The SMILES string of the molecule is CC(=O)Nc1c(Cl)cc2c(c1Cl)Cc1cc(NC(N)=O)ccc1-2. The van der Waals surface area contributed by atoms with Crippen LogP contribution in [0.4, 0.5) is 16.2 Å². The Labute approximate surface area is 142 Å². The summed E-state index contributed by atoms with van der Waals surface area (Å²) in [5, 5.41) is 6.03. The van der Waals surface area contributed by atoms with Crippen LogP contribution in [0, 0.1) is 0 Å². The number of carbonyl (C=O) groups excluding carboxylic acids is 2. The van der Waals surface area contributed by atoms with Crippen LogP contribution in [0.2, 0.25) is 10.0 Å². The maximum absolute atomic E-state index is 11.3. The Balaban J connectivity index is 2.07. The highest BCUT2D eigenvalue weighted by Gasteiger charge is 2.25. The Bertz CT molecular complexity index is 850. The maximum atomic E-state index is 11.3. The molecule has 23 heavy (non-hydrogen) atoms. The number of rotatable bonds is 2. The molecule has 0 radical (unpaired) electrons. The predicted molar refractivity (Wildman–Crippen MR) is 92.2 cm³/mol. The molecule has 2 aromatic carbocycles. The van der Waals surface area contributed by atoms with Gasteiger partial charge in [0.2, 0.25) is 5.91 Å². The van der Waals surface area contributed by atoms with E-state index in [0.29, 0.717) is 27.8 Å². The van der Waals surface area contributed by atoms with Crippen molar-refractivity contribution in [3.8, 4) is 11.1 Å². The summed E-state index contributed by atoms with van der Waals surface area (Å²) < 4.78 is 0. The fourth-order valence-corrected chi connectivity index (χ4v) is 3.39. The number of halogens is 2. The molecule has 0 unspecified atom stereocenters. The first-order chi connectivity index (χ1) is 10.9. The van der Waals surface area contributed by atoms with E-state index in [1.165, 1.54) is 6.92 Å². The molecule has 0 aromatic heterocycles. The van der Waals surface area contributed by atoms with Crippen LogP contribution >= 0.6 is 23.2 Å². The lowest BCUT2D eigenvalue weighted by molar-refractivity contribution is -0.114. The molecule has 0 atom stereocenters. The van der Waals surface area contributed by atoms with Crippen molar-refractivity contribution in [2.24, 2.45) is 5.73 Å². The Morgan fingerprint density at radius 2 is 1.87 bits per heavy atom. The van der Waals surface area contributed by atoms with Gasteiger partial charge in [-0.3, -0.25) is 4.79 Å². The van der Waals surface area contributed by atoms with Gasteiger partial charge >= 0.3 is 6.03 Å². The van der Waals surface area contributed by atoms with Crippen molar-refractivity contribution in [3.05, 3.63) is 45.4 Å². The summed E-state index contributed by atoms with van der Waals surface area (Å²) in [5.41, 5.74) is 9.99. The minimum atomic E-state index is -0.616. The first-order valence-corrected chi connectivity index (χ1v) is 7.60. The molecule has 0 bridgehead atoms. The lowest BCUT2D eigenvalue weighted by atomic mass is 10.0. The van der Waals surface area contributed by atoms with Crippen LogP contribution in [0.15, 0.2) is 24.3 Å². The zero-order chi connectivity index (χ0) is 16.7. The molecule has 5 nitrogen and oxygen atoms in total. The third-order valence-corrected chi connectivity index (χ3v) is 4.37. The van der Waals surface area contributed by atoms with E-state index in [0.717, 1.165) is 22.3 Å². The molecule has 2 aromatic rings. The average molecular weight is 350 g/mol. The summed E-state index contributed by atoms with van der Waals surface area (Å²) in [6, 6.07) is 6.68. The van der Waals surface area contributed by atoms with Crippen molar-refractivity contribution in [1.82, 2.24) is 0 Å². The second kappa shape index (κ2) is 5.76. The Morgan fingerprint density at radius 1 is 1.13 bits per heavy atom. The number of hydrogen-bond acceptors (Lipinski definition) is 2. The zero-order valence-corrected chi connectivity index (χ0v) is 13.7. The number of carbonyl (C=O) groups is 2. The predicted octanol–water partition coefficient (Wildman–Crippen LogP) is 4.01. The highest BCUT2D eigenvalue weighted by Crippen LogP contribution is 2.46. The van der Waals surface area contributed by atoms with Gasteiger partial charge in [0.15, 0.2) is 0 Å². The lowest BCUT2D eigenvalue weighted by Crippen LogP contribution is -2.19. The highest BCUT2D eigenvalue weighted by atomic mass is 35.5. The van der Waals surface area contributed by atoms with Crippen molar-refractivity contribution in [2.75, 3.05) is 10.6 Å². The van der Waals surface area contributed by atoms with E-state index < -0.39 is 6.03 Å². The highest BCUT2D eigenvalue weighted by molar-refractivity contribution is 6.41. The number of benzene rings is 2. The quantitative estimate of drug-likeness (QED) is 0.652. The van der Waals surface area contributed by atoms with Crippen LogP contribution in [0.25, 0.3) is 11.1 Å². The summed E-state index contributed by atoms with van der Waals surface area (Å²) in [7, 11) is 0. The monoisotopic (exact) mass is 349 g/mol. The van der Waals surface area contributed by atoms with Crippen LogP contribution in [0.3, 0.4) is 0 Å². The van der Waals surface area contributed by atoms with Gasteiger partial charge in [-0.05, 0) is 40.5 Å². The Kier molecular flexibility index (Phi) is 3.92. The first-order valence-electron chi connectivity index (χ1n) is 6.85. The average Bonchev–Trinajstić information content (AvgIpc) is 2.80. The summed E-state index contributed by atoms with van der Waals surface area (Å²) >= 11 is 12.7. The summed E-state index contributed by atoms with van der Waals surface area (Å²) in [6.07, 6.45) is 0.585. The second-order valence-electron chi connectivity index (χ2n) is 5.29. The van der Waals surface area contributed by atoms with E-state index in [4.69, 9.17) is 28.9 Å². The van der Waals surface area contributed by atoms with Crippen LogP contribution in [-0.4, -0.2) is 11.9 Å². The van der Waals surface area contributed by atoms with E-state index in [-0.39, 0.29) is 5.91 Å². The minimum Gasteiger partial charge on any atom is -0.351 e. The molecule has 0 fully saturated rings. The van der Waals surface area contributed by atoms with E-state index in [2.05, 4.69) is 10.6 Å². The number of urea groups is 1. The molecule has 3 amide bonds. The van der Waals surface area contributed by atoms with Gasteiger partial charge in [-0.15, -0.1) is 0 Å². The molecule has 0 saturated carbocycles. The van der Waals surface area contributed by atoms with Gasteiger partial charge in [0, 0.05) is 19.0 Å². The number of nitrogens with two attached hydrogens (primary N) is 1. The molecule has 0 aliphatic heterocycles. The van der Waals surface area contributed by atoms with Crippen LogP contribution in [0.5, 0.6) is 0 Å². The number of amides is 3. The van der Waals surface area contributed by atoms with Gasteiger partial charge in [0.1, 0.15) is 0 Å². The summed E-state index contributed by atoms with van der Waals surface area (Å²) in [6.45, 7) is 1.40. The fourth-order valence-electron chi connectivity index (χ4n) is 2.78. The maximum Gasteiger partial charge on any atom is 0.316 e. The minimum absolute atomic E-state index is 0.239. The van der Waals surface area contributed by atoms with Crippen molar-refractivity contribution < 1.29 is 9.59 Å². The molecule has 7 heteroatoms. The molecule has 1 aliphatic rings. The molecular formula is C16H13Cl2N3O2. The topological polar surface area (TPSA) is 84.2 Å². The van der Waals surface area contributed by atoms with Gasteiger partial charge in [-0.2, -0.15) is 0 Å². The van der Waals surface area contributed by atoms with E-state index in [9.17, 15) is 9.59 Å². The normalized spacial score (nSPS) is 11.6. The third-order valence-electron chi connectivity index (χ3n) is 3.65. The number of primary amides is 1. The van der Waals surface area contributed by atoms with Crippen molar-refractivity contribution in [1.29, 1.82) is 0 Å². The van der Waals surface area contributed by atoms with Gasteiger partial charge < -0.3 is 16.4 Å². The van der Waals surface area contributed by atoms with Gasteiger partial charge in [0.05, 0.1) is 15.7 Å². The molecule has 0 heterocycles. The molecule has 3 rings (SSSR count). The lowest BCUT2D eigenvalue weighted by Gasteiger charge is -2.12. The Hall–Kier alpha value is -2.24. The van der Waals surface area contributed by atoms with Crippen molar-refractivity contribution in [2.45, 2.75) is 13.3 Å². The molecular weight excluding hydrogens is 337 g/mol. The van der Waals surface area contributed by atoms with E-state index >= 15 is 0 Å². The fraction of sp³-hybridized carbons (Fsp3) is 0.125. The molecule has 118 valence electrons. The molecule has 4 N–H and O–H groups in total. The smallest absolute Gasteiger partial charge is 0.316 e. The van der Waals surface area contributed by atoms with E-state index in [1.54, 1.807) is 12.1 Å². The van der Waals surface area contributed by atoms with Crippen LogP contribution < -0.4 is 16.4 Å². The first kappa shape index (κ1) is 15.6.